The number of benzene rings is 1. The number of anilines is 2. The normalized spacial score (nSPS) is 10.8. The highest BCUT2D eigenvalue weighted by atomic mass is 16.5. The van der Waals surface area contributed by atoms with Crippen LogP contribution in [0.4, 0.5) is 11.4 Å². The van der Waals surface area contributed by atoms with Crippen molar-refractivity contribution < 1.29 is 19.1 Å². The van der Waals surface area contributed by atoms with Crippen LogP contribution in [0.5, 0.6) is 5.75 Å². The smallest absolute Gasteiger partial charge is 0.356 e. The van der Waals surface area contributed by atoms with E-state index in [1.54, 1.807) is 49.2 Å². The molecule has 152 valence electrons. The summed E-state index contributed by atoms with van der Waals surface area (Å²) in [4.78, 5) is 29.7. The summed E-state index contributed by atoms with van der Waals surface area (Å²) in [6.45, 7) is 4.03. The standard InChI is InChI=1S/C21H24N4O4/c1-12(2)23-14-10-16-17(18(21(27)29-5)25(3)19(16)22-11-14)24-20(26)13-6-8-15(28-4)9-7-13/h6-12,23H,1-5H3,(H,24,26). The second kappa shape index (κ2) is 8.22. The van der Waals surface area contributed by atoms with Crippen LogP contribution in [0.1, 0.15) is 34.7 Å². The number of aromatic nitrogens is 2. The Labute approximate surface area is 168 Å². The highest BCUT2D eigenvalue weighted by Gasteiger charge is 2.25. The van der Waals surface area contributed by atoms with Gasteiger partial charge in [-0.25, -0.2) is 9.78 Å². The van der Waals surface area contributed by atoms with Gasteiger partial charge in [-0.15, -0.1) is 0 Å². The van der Waals surface area contributed by atoms with Crippen molar-refractivity contribution in [2.45, 2.75) is 19.9 Å². The number of carbonyl (C=O) groups excluding carboxylic acids is 2. The molecule has 2 N–H and O–H groups in total. The highest BCUT2D eigenvalue weighted by Crippen LogP contribution is 2.32. The Hall–Kier alpha value is -3.55. The average Bonchev–Trinajstić information content (AvgIpc) is 2.98. The molecule has 1 amide bonds. The number of esters is 1. The van der Waals surface area contributed by atoms with Crippen molar-refractivity contribution in [2.24, 2.45) is 7.05 Å². The molecule has 0 spiro atoms. The van der Waals surface area contributed by atoms with E-state index in [1.807, 2.05) is 19.9 Å². The molecule has 0 aliphatic heterocycles. The van der Waals surface area contributed by atoms with E-state index in [2.05, 4.69) is 15.6 Å². The Bertz CT molecular complexity index is 1050. The number of amides is 1. The first kappa shape index (κ1) is 20.2. The van der Waals surface area contributed by atoms with E-state index in [-0.39, 0.29) is 17.6 Å². The second-order valence-corrected chi connectivity index (χ2v) is 6.85. The van der Waals surface area contributed by atoms with Gasteiger partial charge in [-0.2, -0.15) is 0 Å². The van der Waals surface area contributed by atoms with Crippen molar-refractivity contribution in [2.75, 3.05) is 24.9 Å². The van der Waals surface area contributed by atoms with Crippen molar-refractivity contribution >= 4 is 34.3 Å². The van der Waals surface area contributed by atoms with E-state index in [9.17, 15) is 9.59 Å². The average molecular weight is 396 g/mol. The molecule has 0 fully saturated rings. The first-order chi connectivity index (χ1) is 13.8. The topological polar surface area (TPSA) is 94.5 Å². The van der Waals surface area contributed by atoms with Gasteiger partial charge in [-0.3, -0.25) is 4.79 Å². The van der Waals surface area contributed by atoms with Gasteiger partial charge in [-0.1, -0.05) is 0 Å². The number of nitrogens with zero attached hydrogens (tertiary/aromatic N) is 2. The summed E-state index contributed by atoms with van der Waals surface area (Å²) in [6.07, 6.45) is 1.69. The fraction of sp³-hybridized carbons (Fsp3) is 0.286. The predicted octanol–water partition coefficient (Wildman–Crippen LogP) is 3.44. The molecule has 29 heavy (non-hydrogen) atoms. The van der Waals surface area contributed by atoms with E-state index >= 15 is 0 Å². The molecule has 8 nitrogen and oxygen atoms in total. The molecular formula is C21H24N4O4. The van der Waals surface area contributed by atoms with Gasteiger partial charge in [0.25, 0.3) is 5.91 Å². The van der Waals surface area contributed by atoms with Crippen LogP contribution in [-0.2, 0) is 11.8 Å². The zero-order valence-electron chi connectivity index (χ0n) is 17.1. The number of rotatable bonds is 6. The maximum absolute atomic E-state index is 12.8. The van der Waals surface area contributed by atoms with Gasteiger partial charge in [0.05, 0.1) is 31.8 Å². The van der Waals surface area contributed by atoms with Gasteiger partial charge in [-0.05, 0) is 44.2 Å². The molecule has 1 aromatic carbocycles. The lowest BCUT2D eigenvalue weighted by atomic mass is 10.2. The molecule has 0 bridgehead atoms. The summed E-state index contributed by atoms with van der Waals surface area (Å²) in [5.41, 5.74) is 2.36. The van der Waals surface area contributed by atoms with Crippen molar-refractivity contribution in [3.8, 4) is 5.75 Å². The number of pyridine rings is 1. The maximum atomic E-state index is 12.8. The third-order valence-electron chi connectivity index (χ3n) is 4.45. The van der Waals surface area contributed by atoms with Crippen LogP contribution in [0.15, 0.2) is 36.5 Å². The summed E-state index contributed by atoms with van der Waals surface area (Å²) < 4.78 is 11.7. The largest absolute Gasteiger partial charge is 0.497 e. The van der Waals surface area contributed by atoms with E-state index in [4.69, 9.17) is 9.47 Å². The molecule has 0 saturated carbocycles. The molecule has 2 aromatic heterocycles. The summed E-state index contributed by atoms with van der Waals surface area (Å²) in [5.74, 6) is -0.267. The van der Waals surface area contributed by atoms with Crippen molar-refractivity contribution in [3.63, 3.8) is 0 Å². The summed E-state index contributed by atoms with van der Waals surface area (Å²) in [5, 5.41) is 6.77. The molecule has 3 aromatic rings. The summed E-state index contributed by atoms with van der Waals surface area (Å²) in [7, 11) is 4.57. The minimum absolute atomic E-state index is 0.204. The molecule has 0 unspecified atom stereocenters. The van der Waals surface area contributed by atoms with Crippen molar-refractivity contribution in [1.29, 1.82) is 0 Å². The first-order valence-corrected chi connectivity index (χ1v) is 9.14. The van der Waals surface area contributed by atoms with Gasteiger partial charge in [0.2, 0.25) is 0 Å². The van der Waals surface area contributed by atoms with E-state index in [1.165, 1.54) is 7.11 Å². The van der Waals surface area contributed by atoms with Crippen molar-refractivity contribution in [1.82, 2.24) is 9.55 Å². The van der Waals surface area contributed by atoms with Crippen LogP contribution in [0.3, 0.4) is 0 Å². The summed E-state index contributed by atoms with van der Waals surface area (Å²) in [6, 6.07) is 8.77. The molecule has 8 heteroatoms. The number of hydrogen-bond donors (Lipinski definition) is 2. The number of ether oxygens (including phenoxy) is 2. The fourth-order valence-corrected chi connectivity index (χ4v) is 3.11. The fourth-order valence-electron chi connectivity index (χ4n) is 3.11. The lowest BCUT2D eigenvalue weighted by Crippen LogP contribution is -2.16. The molecule has 0 radical (unpaired) electrons. The van der Waals surface area contributed by atoms with Crippen LogP contribution >= 0.6 is 0 Å². The van der Waals surface area contributed by atoms with Crippen LogP contribution in [0, 0.1) is 0 Å². The van der Waals surface area contributed by atoms with Crippen LogP contribution in [0.2, 0.25) is 0 Å². The van der Waals surface area contributed by atoms with Gasteiger partial charge in [0, 0.05) is 24.0 Å². The Morgan fingerprint density at radius 3 is 2.41 bits per heavy atom. The maximum Gasteiger partial charge on any atom is 0.356 e. The SMILES string of the molecule is COC(=O)c1c(NC(=O)c2ccc(OC)cc2)c2cc(NC(C)C)cnc2n1C. The van der Waals surface area contributed by atoms with E-state index < -0.39 is 5.97 Å². The number of nitrogens with one attached hydrogen (secondary N) is 2. The van der Waals surface area contributed by atoms with Gasteiger partial charge in [0.1, 0.15) is 11.4 Å². The number of carbonyl (C=O) groups is 2. The molecule has 3 rings (SSSR count). The molecule has 0 aliphatic carbocycles. The van der Waals surface area contributed by atoms with Crippen molar-refractivity contribution in [3.05, 3.63) is 47.8 Å². The molecular weight excluding hydrogens is 372 g/mol. The molecule has 0 saturated heterocycles. The highest BCUT2D eigenvalue weighted by molar-refractivity contribution is 6.14. The van der Waals surface area contributed by atoms with Gasteiger partial charge in [0.15, 0.2) is 5.69 Å². The Kier molecular flexibility index (Phi) is 5.72. The number of fused-ring (bicyclic) bond motifs is 1. The number of hydrogen-bond acceptors (Lipinski definition) is 6. The van der Waals surface area contributed by atoms with E-state index in [0.717, 1.165) is 5.69 Å². The minimum atomic E-state index is -0.561. The molecule has 0 aliphatic rings. The zero-order valence-corrected chi connectivity index (χ0v) is 17.1. The van der Waals surface area contributed by atoms with Crippen LogP contribution in [-0.4, -0.2) is 41.7 Å². The lowest BCUT2D eigenvalue weighted by molar-refractivity contribution is 0.0591. The minimum Gasteiger partial charge on any atom is -0.497 e. The Morgan fingerprint density at radius 1 is 1.14 bits per heavy atom. The first-order valence-electron chi connectivity index (χ1n) is 9.14. The predicted molar refractivity (Wildman–Crippen MR) is 112 cm³/mol. The monoisotopic (exact) mass is 396 g/mol. The molecule has 2 heterocycles. The third kappa shape index (κ3) is 4.01. The number of methoxy groups -OCH3 is 2. The molecule has 0 atom stereocenters. The van der Waals surface area contributed by atoms with Crippen LogP contribution < -0.4 is 15.4 Å². The Morgan fingerprint density at radius 2 is 1.83 bits per heavy atom. The second-order valence-electron chi connectivity index (χ2n) is 6.85. The zero-order chi connectivity index (χ0) is 21.1. The van der Waals surface area contributed by atoms with Gasteiger partial charge >= 0.3 is 5.97 Å². The quantitative estimate of drug-likeness (QED) is 0.620. The number of aryl methyl sites for hydroxylation is 1. The van der Waals surface area contributed by atoms with Gasteiger partial charge < -0.3 is 24.7 Å². The third-order valence-corrected chi connectivity index (χ3v) is 4.45. The summed E-state index contributed by atoms with van der Waals surface area (Å²) >= 11 is 0. The Balaban J connectivity index is 2.09. The lowest BCUT2D eigenvalue weighted by Gasteiger charge is -2.10. The van der Waals surface area contributed by atoms with E-state index in [0.29, 0.717) is 28.0 Å². The van der Waals surface area contributed by atoms with Crippen LogP contribution in [0.25, 0.3) is 11.0 Å².